The summed E-state index contributed by atoms with van der Waals surface area (Å²) in [6, 6.07) is 4.98. The molecular formula is C10H10N2O2. The molecule has 72 valence electrons. The summed E-state index contributed by atoms with van der Waals surface area (Å²) in [5.41, 5.74) is 2.04. The van der Waals surface area contributed by atoms with Gasteiger partial charge in [0, 0.05) is 18.1 Å². The quantitative estimate of drug-likeness (QED) is 0.742. The van der Waals surface area contributed by atoms with Gasteiger partial charge in [0.2, 0.25) is 0 Å². The van der Waals surface area contributed by atoms with Crippen molar-refractivity contribution in [2.45, 2.75) is 6.92 Å². The number of hydrogen-bond acceptors (Lipinski definition) is 2. The van der Waals surface area contributed by atoms with Crippen LogP contribution in [0, 0.1) is 6.92 Å². The third kappa shape index (κ3) is 1.16. The highest BCUT2D eigenvalue weighted by molar-refractivity contribution is 5.93. The van der Waals surface area contributed by atoms with Gasteiger partial charge in [-0.1, -0.05) is 6.07 Å². The van der Waals surface area contributed by atoms with Gasteiger partial charge in [0.05, 0.1) is 11.1 Å². The lowest BCUT2D eigenvalue weighted by atomic mass is 10.1. The van der Waals surface area contributed by atoms with Gasteiger partial charge in [-0.05, 0) is 19.1 Å². The fourth-order valence-electron chi connectivity index (χ4n) is 1.46. The molecule has 14 heavy (non-hydrogen) atoms. The number of aromatic carboxylic acids is 1. The molecule has 0 bridgehead atoms. The van der Waals surface area contributed by atoms with Crippen molar-refractivity contribution < 1.29 is 9.90 Å². The van der Waals surface area contributed by atoms with E-state index in [1.54, 1.807) is 22.9 Å². The average Bonchev–Trinajstić information content (AvgIpc) is 2.42. The van der Waals surface area contributed by atoms with E-state index in [-0.39, 0.29) is 5.56 Å². The first-order valence-corrected chi connectivity index (χ1v) is 4.26. The van der Waals surface area contributed by atoms with Gasteiger partial charge in [-0.2, -0.15) is 5.10 Å². The molecule has 2 aromatic rings. The van der Waals surface area contributed by atoms with Gasteiger partial charge in [0.15, 0.2) is 0 Å². The Balaban J connectivity index is 2.73. The zero-order chi connectivity index (χ0) is 10.3. The molecule has 0 saturated heterocycles. The number of carboxylic acid groups (broad SMARTS) is 1. The maximum absolute atomic E-state index is 10.7. The van der Waals surface area contributed by atoms with Gasteiger partial charge in [-0.25, -0.2) is 4.79 Å². The SMILES string of the molecule is Cc1c2ccc(C(=O)O)cc2nn1C. The van der Waals surface area contributed by atoms with Gasteiger partial charge < -0.3 is 5.11 Å². The first-order chi connectivity index (χ1) is 6.59. The number of aromatic nitrogens is 2. The Morgan fingerprint density at radius 3 is 2.86 bits per heavy atom. The molecule has 1 aromatic carbocycles. The van der Waals surface area contributed by atoms with E-state index in [1.807, 2.05) is 14.0 Å². The summed E-state index contributed by atoms with van der Waals surface area (Å²) in [4.78, 5) is 10.7. The van der Waals surface area contributed by atoms with E-state index in [0.717, 1.165) is 16.6 Å². The Kier molecular flexibility index (Phi) is 1.77. The van der Waals surface area contributed by atoms with Gasteiger partial charge >= 0.3 is 5.97 Å². The zero-order valence-corrected chi connectivity index (χ0v) is 7.98. The lowest BCUT2D eigenvalue weighted by Gasteiger charge is -1.93. The van der Waals surface area contributed by atoms with E-state index in [2.05, 4.69) is 5.10 Å². The number of carbonyl (C=O) groups is 1. The summed E-state index contributed by atoms with van der Waals surface area (Å²) >= 11 is 0. The topological polar surface area (TPSA) is 55.1 Å². The van der Waals surface area contributed by atoms with Crippen molar-refractivity contribution >= 4 is 16.9 Å². The van der Waals surface area contributed by atoms with Gasteiger partial charge in [-0.3, -0.25) is 4.68 Å². The van der Waals surface area contributed by atoms with Crippen LogP contribution in [-0.4, -0.2) is 20.9 Å². The number of nitrogens with zero attached hydrogens (tertiary/aromatic N) is 2. The van der Waals surface area contributed by atoms with Crippen LogP contribution in [0.3, 0.4) is 0 Å². The molecule has 1 N–H and O–H groups in total. The monoisotopic (exact) mass is 190 g/mol. The number of carboxylic acids is 1. The first-order valence-electron chi connectivity index (χ1n) is 4.26. The van der Waals surface area contributed by atoms with Crippen molar-refractivity contribution in [3.63, 3.8) is 0 Å². The van der Waals surface area contributed by atoms with E-state index >= 15 is 0 Å². The summed E-state index contributed by atoms with van der Waals surface area (Å²) in [5, 5.41) is 14.0. The van der Waals surface area contributed by atoms with Crippen molar-refractivity contribution in [3.05, 3.63) is 29.5 Å². The van der Waals surface area contributed by atoms with E-state index < -0.39 is 5.97 Å². The van der Waals surface area contributed by atoms with Gasteiger partial charge in [-0.15, -0.1) is 0 Å². The summed E-state index contributed by atoms with van der Waals surface area (Å²) in [5.74, 6) is -0.921. The van der Waals surface area contributed by atoms with Gasteiger partial charge in [0.25, 0.3) is 0 Å². The number of fused-ring (bicyclic) bond motifs is 1. The molecular weight excluding hydrogens is 180 g/mol. The van der Waals surface area contributed by atoms with Crippen LogP contribution in [0.4, 0.5) is 0 Å². The normalized spacial score (nSPS) is 10.7. The minimum atomic E-state index is -0.921. The van der Waals surface area contributed by atoms with Crippen LogP contribution < -0.4 is 0 Å². The molecule has 0 amide bonds. The van der Waals surface area contributed by atoms with Crippen LogP contribution in [0.2, 0.25) is 0 Å². The minimum absolute atomic E-state index is 0.274. The highest BCUT2D eigenvalue weighted by Crippen LogP contribution is 2.18. The maximum Gasteiger partial charge on any atom is 0.335 e. The number of hydrogen-bond donors (Lipinski definition) is 1. The van der Waals surface area contributed by atoms with Crippen molar-refractivity contribution in [2.24, 2.45) is 7.05 Å². The second-order valence-corrected chi connectivity index (χ2v) is 3.25. The number of benzene rings is 1. The third-order valence-electron chi connectivity index (χ3n) is 2.38. The van der Waals surface area contributed by atoms with E-state index in [4.69, 9.17) is 5.11 Å². The Bertz CT molecular complexity index is 514. The van der Waals surface area contributed by atoms with Crippen LogP contribution in [-0.2, 0) is 7.05 Å². The Labute approximate surface area is 80.8 Å². The molecule has 0 saturated carbocycles. The molecule has 0 radical (unpaired) electrons. The molecule has 2 rings (SSSR count). The molecule has 0 unspecified atom stereocenters. The molecule has 0 spiro atoms. The highest BCUT2D eigenvalue weighted by atomic mass is 16.4. The van der Waals surface area contributed by atoms with Crippen molar-refractivity contribution in [2.75, 3.05) is 0 Å². The summed E-state index contributed by atoms with van der Waals surface area (Å²) in [7, 11) is 1.84. The van der Waals surface area contributed by atoms with Gasteiger partial charge in [0.1, 0.15) is 0 Å². The predicted molar refractivity (Wildman–Crippen MR) is 52.4 cm³/mol. The van der Waals surface area contributed by atoms with Crippen LogP contribution in [0.25, 0.3) is 10.9 Å². The van der Waals surface area contributed by atoms with Crippen molar-refractivity contribution in [3.8, 4) is 0 Å². The predicted octanol–water partition coefficient (Wildman–Crippen LogP) is 1.58. The Hall–Kier alpha value is -1.84. The Morgan fingerprint density at radius 2 is 2.21 bits per heavy atom. The molecule has 0 aliphatic heterocycles. The average molecular weight is 190 g/mol. The summed E-state index contributed by atoms with van der Waals surface area (Å²) in [6.45, 7) is 1.95. The lowest BCUT2D eigenvalue weighted by Crippen LogP contribution is -1.94. The molecule has 4 heteroatoms. The molecule has 0 aliphatic carbocycles. The molecule has 0 fully saturated rings. The largest absolute Gasteiger partial charge is 0.478 e. The first kappa shape index (κ1) is 8.74. The van der Waals surface area contributed by atoms with Crippen LogP contribution >= 0.6 is 0 Å². The fourth-order valence-corrected chi connectivity index (χ4v) is 1.46. The fraction of sp³-hybridized carbons (Fsp3) is 0.200. The standard InChI is InChI=1S/C10H10N2O2/c1-6-8-4-3-7(10(13)14)5-9(8)11-12(6)2/h3-5H,1-2H3,(H,13,14). The third-order valence-corrected chi connectivity index (χ3v) is 2.38. The zero-order valence-electron chi connectivity index (χ0n) is 7.98. The van der Waals surface area contributed by atoms with Crippen molar-refractivity contribution in [1.82, 2.24) is 9.78 Å². The second-order valence-electron chi connectivity index (χ2n) is 3.25. The van der Waals surface area contributed by atoms with Crippen LogP contribution in [0.5, 0.6) is 0 Å². The molecule has 4 nitrogen and oxygen atoms in total. The second kappa shape index (κ2) is 2.83. The lowest BCUT2D eigenvalue weighted by molar-refractivity contribution is 0.0697. The van der Waals surface area contributed by atoms with Crippen LogP contribution in [0.1, 0.15) is 16.1 Å². The molecule has 0 aliphatic rings. The molecule has 1 aromatic heterocycles. The van der Waals surface area contributed by atoms with E-state index in [9.17, 15) is 4.79 Å². The Morgan fingerprint density at radius 1 is 1.50 bits per heavy atom. The summed E-state index contributed by atoms with van der Waals surface area (Å²) < 4.78 is 1.75. The minimum Gasteiger partial charge on any atom is -0.478 e. The summed E-state index contributed by atoms with van der Waals surface area (Å²) in [6.07, 6.45) is 0. The highest BCUT2D eigenvalue weighted by Gasteiger charge is 2.08. The number of aryl methyl sites for hydroxylation is 2. The smallest absolute Gasteiger partial charge is 0.335 e. The van der Waals surface area contributed by atoms with Crippen LogP contribution in [0.15, 0.2) is 18.2 Å². The van der Waals surface area contributed by atoms with E-state index in [0.29, 0.717) is 0 Å². The van der Waals surface area contributed by atoms with E-state index in [1.165, 1.54) is 0 Å². The number of rotatable bonds is 1. The molecule has 1 heterocycles. The molecule has 0 atom stereocenters. The van der Waals surface area contributed by atoms with Crippen molar-refractivity contribution in [1.29, 1.82) is 0 Å². The maximum atomic E-state index is 10.7.